The summed E-state index contributed by atoms with van der Waals surface area (Å²) in [5, 5.41) is 13.8. The SMILES string of the molecule is CC(CCO)CNCc1cc2ccccc2nc1N1CCCCC1. The van der Waals surface area contributed by atoms with E-state index in [0.29, 0.717) is 5.92 Å². The topological polar surface area (TPSA) is 48.4 Å². The van der Waals surface area contributed by atoms with Crippen LogP contribution in [0.15, 0.2) is 30.3 Å². The Bertz CT molecular complexity index is 652. The monoisotopic (exact) mass is 327 g/mol. The van der Waals surface area contributed by atoms with Gasteiger partial charge in [0.2, 0.25) is 0 Å². The largest absolute Gasteiger partial charge is 0.396 e. The van der Waals surface area contributed by atoms with E-state index in [1.807, 2.05) is 0 Å². The van der Waals surface area contributed by atoms with Gasteiger partial charge in [-0.15, -0.1) is 0 Å². The second-order valence-corrected chi connectivity index (χ2v) is 6.96. The lowest BCUT2D eigenvalue weighted by Gasteiger charge is -2.30. The molecule has 3 rings (SSSR count). The molecule has 1 atom stereocenters. The third-order valence-corrected chi connectivity index (χ3v) is 4.87. The number of rotatable bonds is 7. The van der Waals surface area contributed by atoms with Crippen molar-refractivity contribution in [2.24, 2.45) is 5.92 Å². The number of anilines is 1. The minimum atomic E-state index is 0.263. The van der Waals surface area contributed by atoms with Crippen molar-refractivity contribution in [3.63, 3.8) is 0 Å². The predicted molar refractivity (Wildman–Crippen MR) is 100 cm³/mol. The van der Waals surface area contributed by atoms with Crippen LogP contribution in [0.2, 0.25) is 0 Å². The number of piperidine rings is 1. The molecule has 2 aromatic rings. The molecule has 1 aromatic carbocycles. The van der Waals surface area contributed by atoms with Crippen LogP contribution in [0.3, 0.4) is 0 Å². The maximum Gasteiger partial charge on any atom is 0.133 e. The van der Waals surface area contributed by atoms with Crippen molar-refractivity contribution in [2.75, 3.05) is 31.1 Å². The van der Waals surface area contributed by atoms with Crippen LogP contribution in [0.25, 0.3) is 10.9 Å². The molecule has 1 unspecified atom stereocenters. The van der Waals surface area contributed by atoms with Gasteiger partial charge in [0.05, 0.1) is 5.52 Å². The lowest BCUT2D eigenvalue weighted by atomic mass is 10.1. The summed E-state index contributed by atoms with van der Waals surface area (Å²) in [7, 11) is 0. The van der Waals surface area contributed by atoms with Crippen molar-refractivity contribution >= 4 is 16.7 Å². The average Bonchev–Trinajstić information content (AvgIpc) is 2.62. The lowest BCUT2D eigenvalue weighted by Crippen LogP contribution is -2.32. The molecule has 0 amide bonds. The van der Waals surface area contributed by atoms with Gasteiger partial charge in [-0.05, 0) is 50.3 Å². The van der Waals surface area contributed by atoms with Crippen molar-refractivity contribution in [3.05, 3.63) is 35.9 Å². The Hall–Kier alpha value is -1.65. The van der Waals surface area contributed by atoms with Crippen LogP contribution in [0.5, 0.6) is 0 Å². The van der Waals surface area contributed by atoms with Crippen molar-refractivity contribution < 1.29 is 5.11 Å². The summed E-state index contributed by atoms with van der Waals surface area (Å²) in [6.07, 6.45) is 4.70. The van der Waals surface area contributed by atoms with Crippen LogP contribution >= 0.6 is 0 Å². The highest BCUT2D eigenvalue weighted by Gasteiger charge is 2.17. The Balaban J connectivity index is 1.80. The molecule has 4 heteroatoms. The number of benzene rings is 1. The first kappa shape index (κ1) is 17.2. The highest BCUT2D eigenvalue weighted by Crippen LogP contribution is 2.26. The molecule has 0 bridgehead atoms. The van der Waals surface area contributed by atoms with Gasteiger partial charge in [-0.2, -0.15) is 0 Å². The first-order chi connectivity index (χ1) is 11.8. The molecule has 2 heterocycles. The molecular formula is C20H29N3O. The third kappa shape index (κ3) is 4.25. The summed E-state index contributed by atoms with van der Waals surface area (Å²) >= 11 is 0. The van der Waals surface area contributed by atoms with Crippen molar-refractivity contribution in [1.82, 2.24) is 10.3 Å². The van der Waals surface area contributed by atoms with E-state index in [2.05, 4.69) is 47.5 Å². The first-order valence-corrected chi connectivity index (χ1v) is 9.23. The summed E-state index contributed by atoms with van der Waals surface area (Å²) < 4.78 is 0. The molecule has 1 aliphatic heterocycles. The van der Waals surface area contributed by atoms with Crippen molar-refractivity contribution in [3.8, 4) is 0 Å². The molecule has 1 aliphatic rings. The molecule has 1 fully saturated rings. The fourth-order valence-corrected chi connectivity index (χ4v) is 3.43. The zero-order chi connectivity index (χ0) is 16.8. The Morgan fingerprint density at radius 3 is 2.79 bits per heavy atom. The summed E-state index contributed by atoms with van der Waals surface area (Å²) in [5.74, 6) is 1.64. The highest BCUT2D eigenvalue weighted by molar-refractivity contribution is 5.81. The molecule has 130 valence electrons. The molecule has 0 saturated carbocycles. The van der Waals surface area contributed by atoms with Crippen molar-refractivity contribution in [2.45, 2.75) is 39.2 Å². The normalized spacial score (nSPS) is 16.5. The fourth-order valence-electron chi connectivity index (χ4n) is 3.43. The maximum absolute atomic E-state index is 9.04. The van der Waals surface area contributed by atoms with Crippen LogP contribution in [0.1, 0.15) is 38.2 Å². The number of aromatic nitrogens is 1. The van der Waals surface area contributed by atoms with Gasteiger partial charge in [0, 0.05) is 37.2 Å². The number of pyridine rings is 1. The molecule has 24 heavy (non-hydrogen) atoms. The van der Waals surface area contributed by atoms with E-state index >= 15 is 0 Å². The van der Waals surface area contributed by atoms with Gasteiger partial charge in [-0.1, -0.05) is 25.1 Å². The van der Waals surface area contributed by atoms with E-state index in [9.17, 15) is 0 Å². The number of aliphatic hydroxyl groups is 1. The summed E-state index contributed by atoms with van der Waals surface area (Å²) in [4.78, 5) is 7.43. The maximum atomic E-state index is 9.04. The Morgan fingerprint density at radius 2 is 2.00 bits per heavy atom. The van der Waals surface area contributed by atoms with Crippen LogP contribution in [0.4, 0.5) is 5.82 Å². The van der Waals surface area contributed by atoms with Gasteiger partial charge < -0.3 is 15.3 Å². The lowest BCUT2D eigenvalue weighted by molar-refractivity contribution is 0.260. The van der Waals surface area contributed by atoms with E-state index in [1.54, 1.807) is 0 Å². The summed E-state index contributed by atoms with van der Waals surface area (Å²) in [6, 6.07) is 10.7. The van der Waals surface area contributed by atoms with E-state index in [4.69, 9.17) is 10.1 Å². The van der Waals surface area contributed by atoms with Gasteiger partial charge in [0.1, 0.15) is 5.82 Å². The zero-order valence-electron chi connectivity index (χ0n) is 14.7. The van der Waals surface area contributed by atoms with E-state index in [0.717, 1.165) is 43.9 Å². The standard InChI is InChI=1S/C20H29N3O/c1-16(9-12-24)14-21-15-18-13-17-7-3-4-8-19(17)22-20(18)23-10-5-2-6-11-23/h3-4,7-8,13,16,21,24H,2,5-6,9-12,14-15H2,1H3. The Labute approximate surface area is 144 Å². The first-order valence-electron chi connectivity index (χ1n) is 9.23. The van der Waals surface area contributed by atoms with Gasteiger partial charge in [-0.25, -0.2) is 4.98 Å². The number of hydrogen-bond acceptors (Lipinski definition) is 4. The smallest absolute Gasteiger partial charge is 0.133 e. The molecule has 2 N–H and O–H groups in total. The molecule has 0 spiro atoms. The van der Waals surface area contributed by atoms with Gasteiger partial charge in [0.15, 0.2) is 0 Å². The number of fused-ring (bicyclic) bond motifs is 1. The third-order valence-electron chi connectivity index (χ3n) is 4.87. The van der Waals surface area contributed by atoms with E-state index in [-0.39, 0.29) is 6.61 Å². The number of nitrogens with one attached hydrogen (secondary N) is 1. The second-order valence-electron chi connectivity index (χ2n) is 6.96. The highest BCUT2D eigenvalue weighted by atomic mass is 16.3. The van der Waals surface area contributed by atoms with Crippen LogP contribution in [0, 0.1) is 5.92 Å². The Kier molecular flexibility index (Phi) is 6.05. The van der Waals surface area contributed by atoms with E-state index < -0.39 is 0 Å². The fraction of sp³-hybridized carbons (Fsp3) is 0.550. The predicted octanol–water partition coefficient (Wildman–Crippen LogP) is 3.33. The Morgan fingerprint density at radius 1 is 1.21 bits per heavy atom. The molecule has 0 radical (unpaired) electrons. The minimum absolute atomic E-state index is 0.263. The van der Waals surface area contributed by atoms with Gasteiger partial charge in [-0.3, -0.25) is 0 Å². The molecule has 4 nitrogen and oxygen atoms in total. The van der Waals surface area contributed by atoms with Crippen molar-refractivity contribution in [1.29, 1.82) is 0 Å². The number of para-hydroxylation sites is 1. The number of aliphatic hydroxyl groups excluding tert-OH is 1. The van der Waals surface area contributed by atoms with Crippen LogP contribution < -0.4 is 10.2 Å². The van der Waals surface area contributed by atoms with Crippen LogP contribution in [-0.4, -0.2) is 36.3 Å². The number of hydrogen-bond donors (Lipinski definition) is 2. The summed E-state index contributed by atoms with van der Waals surface area (Å²) in [6.45, 7) is 6.41. The molecule has 1 saturated heterocycles. The second kappa shape index (κ2) is 8.45. The zero-order valence-corrected chi connectivity index (χ0v) is 14.7. The minimum Gasteiger partial charge on any atom is -0.396 e. The van der Waals surface area contributed by atoms with Gasteiger partial charge >= 0.3 is 0 Å². The van der Waals surface area contributed by atoms with E-state index in [1.165, 1.54) is 30.2 Å². The molecule has 0 aliphatic carbocycles. The quantitative estimate of drug-likeness (QED) is 0.819. The summed E-state index contributed by atoms with van der Waals surface area (Å²) in [5.41, 5.74) is 2.36. The molecule has 1 aromatic heterocycles. The van der Waals surface area contributed by atoms with Gasteiger partial charge in [0.25, 0.3) is 0 Å². The average molecular weight is 327 g/mol. The number of nitrogens with zero attached hydrogens (tertiary/aromatic N) is 2. The molecular weight excluding hydrogens is 298 g/mol. The van der Waals surface area contributed by atoms with Crippen LogP contribution in [-0.2, 0) is 6.54 Å².